The molecule has 0 bridgehead atoms. The van der Waals surface area contributed by atoms with Crippen LogP contribution >= 0.6 is 15.9 Å². The van der Waals surface area contributed by atoms with Gasteiger partial charge in [-0.2, -0.15) is 0 Å². The molecule has 1 aliphatic rings. The summed E-state index contributed by atoms with van der Waals surface area (Å²) in [5.41, 5.74) is 3.45. The zero-order chi connectivity index (χ0) is 17.9. The number of para-hydroxylation sites is 2. The van der Waals surface area contributed by atoms with Gasteiger partial charge in [-0.05, 0) is 46.6 Å². The normalized spacial score (nSPS) is 13.4. The Labute approximate surface area is 159 Å². The second-order valence-corrected chi connectivity index (χ2v) is 6.88. The lowest BCUT2D eigenvalue weighted by Gasteiger charge is -2.29. The van der Waals surface area contributed by atoms with E-state index in [0.717, 1.165) is 45.6 Å². The van der Waals surface area contributed by atoms with Gasteiger partial charge in [-0.15, -0.1) is 0 Å². The number of hydrogen-bond acceptors (Lipinski definition) is 5. The van der Waals surface area contributed by atoms with Crippen molar-refractivity contribution in [2.75, 3.05) is 29.9 Å². The van der Waals surface area contributed by atoms with E-state index in [-0.39, 0.29) is 12.5 Å². The van der Waals surface area contributed by atoms with E-state index in [1.54, 1.807) is 17.3 Å². The Balaban J connectivity index is 1.41. The summed E-state index contributed by atoms with van der Waals surface area (Å²) in [7, 11) is 0. The number of halogens is 1. The van der Waals surface area contributed by atoms with Crippen molar-refractivity contribution in [1.82, 2.24) is 9.97 Å². The number of carbonyl (C=O) groups excluding carboxylic acids is 1. The van der Waals surface area contributed by atoms with Gasteiger partial charge in [-0.1, -0.05) is 12.1 Å². The van der Waals surface area contributed by atoms with Crippen LogP contribution in [0.3, 0.4) is 0 Å². The minimum absolute atomic E-state index is 0.00965. The number of benzene rings is 1. The number of fused-ring (bicyclic) bond motifs is 2. The molecule has 26 heavy (non-hydrogen) atoms. The van der Waals surface area contributed by atoms with Gasteiger partial charge >= 0.3 is 0 Å². The lowest BCUT2D eigenvalue weighted by atomic mass is 10.2. The van der Waals surface area contributed by atoms with E-state index in [4.69, 9.17) is 4.74 Å². The number of hydrogen-bond donors (Lipinski definition) is 1. The first-order valence-electron chi connectivity index (χ1n) is 8.39. The zero-order valence-electron chi connectivity index (χ0n) is 14.0. The molecule has 0 unspecified atom stereocenters. The highest BCUT2D eigenvalue weighted by atomic mass is 79.9. The van der Waals surface area contributed by atoms with Gasteiger partial charge in [-0.3, -0.25) is 14.8 Å². The number of ether oxygens (including phenoxy) is 1. The Kier molecular flexibility index (Phi) is 4.71. The first-order valence-corrected chi connectivity index (χ1v) is 9.18. The third-order valence-electron chi connectivity index (χ3n) is 4.23. The van der Waals surface area contributed by atoms with Crippen molar-refractivity contribution in [2.24, 2.45) is 0 Å². The van der Waals surface area contributed by atoms with Crippen molar-refractivity contribution in [1.29, 1.82) is 0 Å². The standard InChI is InChI=1S/C19H17BrN4O2/c20-13-10-15-19(23-11-13)14(6-8-22-15)21-7-3-9-24-16-4-1-2-5-17(16)26-12-18(24)25/h1-2,4-6,8,10-11H,3,7,9,12H2,(H,21,22). The lowest BCUT2D eigenvalue weighted by Crippen LogP contribution is -2.39. The quantitative estimate of drug-likeness (QED) is 0.648. The molecule has 1 aromatic carbocycles. The van der Waals surface area contributed by atoms with Gasteiger partial charge in [-0.25, -0.2) is 0 Å². The van der Waals surface area contributed by atoms with E-state index >= 15 is 0 Å². The zero-order valence-corrected chi connectivity index (χ0v) is 15.6. The van der Waals surface area contributed by atoms with Crippen molar-refractivity contribution < 1.29 is 9.53 Å². The maximum absolute atomic E-state index is 12.2. The molecule has 0 aliphatic carbocycles. The Bertz CT molecular complexity index is 963. The number of anilines is 2. The fraction of sp³-hybridized carbons (Fsp3) is 0.211. The van der Waals surface area contributed by atoms with Crippen molar-refractivity contribution in [3.05, 3.63) is 53.3 Å². The molecule has 0 saturated carbocycles. The Morgan fingerprint density at radius 1 is 1.23 bits per heavy atom. The molecule has 1 aliphatic heterocycles. The third kappa shape index (κ3) is 3.35. The second kappa shape index (κ2) is 7.29. The molecule has 0 spiro atoms. The molecule has 7 heteroatoms. The molecule has 132 valence electrons. The van der Waals surface area contributed by atoms with E-state index in [2.05, 4.69) is 31.2 Å². The van der Waals surface area contributed by atoms with Gasteiger partial charge < -0.3 is 15.0 Å². The predicted octanol–water partition coefficient (Wildman–Crippen LogP) is 3.62. The van der Waals surface area contributed by atoms with Crippen LogP contribution in [-0.2, 0) is 4.79 Å². The fourth-order valence-electron chi connectivity index (χ4n) is 3.01. The smallest absolute Gasteiger partial charge is 0.265 e. The monoisotopic (exact) mass is 412 g/mol. The summed E-state index contributed by atoms with van der Waals surface area (Å²) in [5.74, 6) is 0.750. The fourth-order valence-corrected chi connectivity index (χ4v) is 3.33. The number of pyridine rings is 2. The largest absolute Gasteiger partial charge is 0.482 e. The molecule has 3 heterocycles. The van der Waals surface area contributed by atoms with Gasteiger partial charge in [0.2, 0.25) is 0 Å². The first-order chi connectivity index (χ1) is 12.7. The molecule has 0 fully saturated rings. The Morgan fingerprint density at radius 3 is 3.04 bits per heavy atom. The molecule has 0 saturated heterocycles. The molecule has 2 aromatic heterocycles. The van der Waals surface area contributed by atoms with Crippen LogP contribution < -0.4 is 15.0 Å². The molecular weight excluding hydrogens is 396 g/mol. The highest BCUT2D eigenvalue weighted by molar-refractivity contribution is 9.10. The van der Waals surface area contributed by atoms with Crippen LogP contribution in [0.4, 0.5) is 11.4 Å². The summed E-state index contributed by atoms with van der Waals surface area (Å²) in [6, 6.07) is 11.5. The highest BCUT2D eigenvalue weighted by Gasteiger charge is 2.24. The van der Waals surface area contributed by atoms with Crippen LogP contribution in [-0.4, -0.2) is 35.6 Å². The van der Waals surface area contributed by atoms with Crippen molar-refractivity contribution in [3.63, 3.8) is 0 Å². The molecule has 1 amide bonds. The lowest BCUT2D eigenvalue weighted by molar-refractivity contribution is -0.121. The van der Waals surface area contributed by atoms with Crippen molar-refractivity contribution in [2.45, 2.75) is 6.42 Å². The number of nitrogens with zero attached hydrogens (tertiary/aromatic N) is 3. The third-order valence-corrected chi connectivity index (χ3v) is 4.66. The van der Waals surface area contributed by atoms with Gasteiger partial charge in [0.05, 0.1) is 16.9 Å². The van der Waals surface area contributed by atoms with Crippen molar-refractivity contribution >= 4 is 44.2 Å². The minimum atomic E-state index is -0.00965. The molecule has 3 aromatic rings. The summed E-state index contributed by atoms with van der Waals surface area (Å²) < 4.78 is 6.38. The van der Waals surface area contributed by atoms with E-state index in [1.165, 1.54) is 0 Å². The first kappa shape index (κ1) is 16.8. The number of nitrogens with one attached hydrogen (secondary N) is 1. The topological polar surface area (TPSA) is 67.3 Å². The van der Waals surface area contributed by atoms with E-state index in [1.807, 2.05) is 36.4 Å². The molecule has 1 N–H and O–H groups in total. The average Bonchev–Trinajstić information content (AvgIpc) is 2.66. The van der Waals surface area contributed by atoms with E-state index in [0.29, 0.717) is 6.54 Å². The SMILES string of the molecule is O=C1COc2ccccc2N1CCCNc1ccnc2cc(Br)cnc12. The van der Waals surface area contributed by atoms with Crippen LogP contribution in [0.2, 0.25) is 0 Å². The van der Waals surface area contributed by atoms with Crippen LogP contribution in [0.5, 0.6) is 5.75 Å². The van der Waals surface area contributed by atoms with Crippen LogP contribution in [0.15, 0.2) is 53.3 Å². The molecule has 6 nitrogen and oxygen atoms in total. The summed E-state index contributed by atoms with van der Waals surface area (Å²) in [6.45, 7) is 1.45. The number of rotatable bonds is 5. The summed E-state index contributed by atoms with van der Waals surface area (Å²) >= 11 is 3.41. The van der Waals surface area contributed by atoms with Crippen LogP contribution in [0.1, 0.15) is 6.42 Å². The Hall–Kier alpha value is -2.67. The number of aromatic nitrogens is 2. The van der Waals surface area contributed by atoms with Crippen LogP contribution in [0.25, 0.3) is 11.0 Å². The minimum Gasteiger partial charge on any atom is -0.482 e. The van der Waals surface area contributed by atoms with E-state index < -0.39 is 0 Å². The van der Waals surface area contributed by atoms with Crippen molar-refractivity contribution in [3.8, 4) is 5.75 Å². The Morgan fingerprint density at radius 2 is 2.12 bits per heavy atom. The van der Waals surface area contributed by atoms with Gasteiger partial charge in [0.25, 0.3) is 5.91 Å². The van der Waals surface area contributed by atoms with Crippen LogP contribution in [0, 0.1) is 0 Å². The maximum Gasteiger partial charge on any atom is 0.265 e. The van der Waals surface area contributed by atoms with Gasteiger partial charge in [0.1, 0.15) is 11.3 Å². The predicted molar refractivity (Wildman–Crippen MR) is 105 cm³/mol. The summed E-state index contributed by atoms with van der Waals surface area (Å²) in [6.07, 6.45) is 4.33. The second-order valence-electron chi connectivity index (χ2n) is 5.96. The summed E-state index contributed by atoms with van der Waals surface area (Å²) in [4.78, 5) is 22.8. The van der Waals surface area contributed by atoms with E-state index in [9.17, 15) is 4.79 Å². The number of carbonyl (C=O) groups is 1. The molecule has 4 rings (SSSR count). The maximum atomic E-state index is 12.2. The van der Waals surface area contributed by atoms with Gasteiger partial charge in [0, 0.05) is 30.0 Å². The highest BCUT2D eigenvalue weighted by Crippen LogP contribution is 2.31. The average molecular weight is 413 g/mol. The number of amides is 1. The van der Waals surface area contributed by atoms with Gasteiger partial charge in [0.15, 0.2) is 6.61 Å². The molecular formula is C19H17BrN4O2. The summed E-state index contributed by atoms with van der Waals surface area (Å²) in [5, 5.41) is 3.40. The molecule has 0 radical (unpaired) electrons. The molecule has 0 atom stereocenters.